The van der Waals surface area contributed by atoms with Gasteiger partial charge in [-0.2, -0.15) is 0 Å². The molecule has 0 fully saturated rings. The van der Waals surface area contributed by atoms with Crippen LogP contribution in [0.25, 0.3) is 0 Å². The number of pyridine rings is 1. The Kier molecular flexibility index (Phi) is 4.74. The molecule has 1 amide bonds. The first-order valence-corrected chi connectivity index (χ1v) is 6.90. The minimum Gasteiger partial charge on any atom is -0.497 e. The lowest BCUT2D eigenvalue weighted by atomic mass is 10.2. The number of carbonyl (C=O) groups excluding carboxylic acids is 1. The van der Waals surface area contributed by atoms with Crippen molar-refractivity contribution in [2.24, 2.45) is 0 Å². The number of aromatic nitrogens is 1. The van der Waals surface area contributed by atoms with Crippen molar-refractivity contribution in [3.05, 3.63) is 58.3 Å². The fraction of sp³-hybridized carbons (Fsp3) is 0.200. The molecule has 0 aliphatic heterocycles. The maximum atomic E-state index is 12.2. The van der Waals surface area contributed by atoms with Gasteiger partial charge in [0, 0.05) is 13.6 Å². The summed E-state index contributed by atoms with van der Waals surface area (Å²) >= 11 is 3.27. The topological polar surface area (TPSA) is 42.4 Å². The molecule has 0 atom stereocenters. The summed E-state index contributed by atoms with van der Waals surface area (Å²) in [6.07, 6.45) is 0. The first kappa shape index (κ1) is 14.5. The summed E-state index contributed by atoms with van der Waals surface area (Å²) in [7, 11) is 3.39. The zero-order chi connectivity index (χ0) is 14.5. The lowest BCUT2D eigenvalue weighted by molar-refractivity contribution is 0.0779. The monoisotopic (exact) mass is 334 g/mol. The minimum absolute atomic E-state index is 0.109. The molecule has 0 bridgehead atoms. The third kappa shape index (κ3) is 3.57. The maximum Gasteiger partial charge on any atom is 0.272 e. The second-order valence-corrected chi connectivity index (χ2v) is 5.17. The second kappa shape index (κ2) is 6.52. The molecule has 4 nitrogen and oxygen atoms in total. The van der Waals surface area contributed by atoms with E-state index in [1.807, 2.05) is 24.3 Å². The van der Waals surface area contributed by atoms with Crippen molar-refractivity contribution in [1.29, 1.82) is 0 Å². The van der Waals surface area contributed by atoms with Crippen molar-refractivity contribution in [3.8, 4) is 5.75 Å². The molecule has 2 aromatic rings. The van der Waals surface area contributed by atoms with Crippen molar-refractivity contribution in [2.45, 2.75) is 6.54 Å². The van der Waals surface area contributed by atoms with Gasteiger partial charge in [-0.05, 0) is 45.8 Å². The van der Waals surface area contributed by atoms with Crippen LogP contribution in [-0.4, -0.2) is 29.9 Å². The molecule has 0 saturated carbocycles. The Hall–Kier alpha value is -1.88. The summed E-state index contributed by atoms with van der Waals surface area (Å²) < 4.78 is 5.76. The van der Waals surface area contributed by atoms with Crippen LogP contribution in [0.1, 0.15) is 16.1 Å². The third-order valence-corrected chi connectivity index (χ3v) is 3.30. The van der Waals surface area contributed by atoms with E-state index in [0.29, 0.717) is 16.8 Å². The SMILES string of the molecule is COc1ccc(CN(C)C(=O)c2cccc(Br)n2)cc1. The van der Waals surface area contributed by atoms with Gasteiger partial charge in [-0.3, -0.25) is 4.79 Å². The van der Waals surface area contributed by atoms with Crippen LogP contribution in [0.4, 0.5) is 0 Å². The Morgan fingerprint density at radius 2 is 1.95 bits per heavy atom. The van der Waals surface area contributed by atoms with Crippen LogP contribution in [0.15, 0.2) is 47.1 Å². The molecule has 0 aliphatic carbocycles. The molecule has 0 N–H and O–H groups in total. The summed E-state index contributed by atoms with van der Waals surface area (Å²) in [4.78, 5) is 18.0. The second-order valence-electron chi connectivity index (χ2n) is 4.35. The molecule has 0 spiro atoms. The smallest absolute Gasteiger partial charge is 0.272 e. The van der Waals surface area contributed by atoms with Crippen LogP contribution in [0.2, 0.25) is 0 Å². The Balaban J connectivity index is 2.07. The van der Waals surface area contributed by atoms with Crippen molar-refractivity contribution < 1.29 is 9.53 Å². The molecule has 1 aromatic carbocycles. The number of carbonyl (C=O) groups is 1. The predicted octanol–water partition coefficient (Wildman–Crippen LogP) is 3.12. The van der Waals surface area contributed by atoms with Gasteiger partial charge in [-0.25, -0.2) is 4.98 Å². The first-order chi connectivity index (χ1) is 9.60. The molecular formula is C15H15BrN2O2. The van der Waals surface area contributed by atoms with Crippen LogP contribution in [0.3, 0.4) is 0 Å². The molecular weight excluding hydrogens is 320 g/mol. The molecule has 2 rings (SSSR count). The van der Waals surface area contributed by atoms with Gasteiger partial charge in [-0.15, -0.1) is 0 Å². The van der Waals surface area contributed by atoms with Crippen molar-refractivity contribution in [1.82, 2.24) is 9.88 Å². The predicted molar refractivity (Wildman–Crippen MR) is 80.7 cm³/mol. The zero-order valence-electron chi connectivity index (χ0n) is 11.3. The summed E-state index contributed by atoms with van der Waals surface area (Å²) in [5.74, 6) is 0.693. The van der Waals surface area contributed by atoms with E-state index in [0.717, 1.165) is 11.3 Å². The number of rotatable bonds is 4. The van der Waals surface area contributed by atoms with Crippen LogP contribution < -0.4 is 4.74 Å². The lowest BCUT2D eigenvalue weighted by Gasteiger charge is -2.17. The highest BCUT2D eigenvalue weighted by atomic mass is 79.9. The molecule has 20 heavy (non-hydrogen) atoms. The van der Waals surface area contributed by atoms with Crippen molar-refractivity contribution in [2.75, 3.05) is 14.2 Å². The van der Waals surface area contributed by atoms with Crippen LogP contribution in [-0.2, 0) is 6.54 Å². The Morgan fingerprint density at radius 1 is 1.25 bits per heavy atom. The van der Waals surface area contributed by atoms with E-state index >= 15 is 0 Å². The number of nitrogens with zero attached hydrogens (tertiary/aromatic N) is 2. The molecule has 104 valence electrons. The summed E-state index contributed by atoms with van der Waals surface area (Å²) in [6.45, 7) is 0.525. The van der Waals surface area contributed by atoms with Gasteiger partial charge in [0.2, 0.25) is 0 Å². The van der Waals surface area contributed by atoms with Gasteiger partial charge in [0.05, 0.1) is 7.11 Å². The Morgan fingerprint density at radius 3 is 2.55 bits per heavy atom. The van der Waals surface area contributed by atoms with E-state index in [1.165, 1.54) is 0 Å². The number of hydrogen-bond donors (Lipinski definition) is 0. The number of benzene rings is 1. The van der Waals surface area contributed by atoms with E-state index < -0.39 is 0 Å². The highest BCUT2D eigenvalue weighted by molar-refractivity contribution is 9.10. The van der Waals surface area contributed by atoms with Gasteiger partial charge < -0.3 is 9.64 Å². The molecule has 0 saturated heterocycles. The summed E-state index contributed by atoms with van der Waals surface area (Å²) in [5.41, 5.74) is 1.46. The van der Waals surface area contributed by atoms with E-state index in [-0.39, 0.29) is 5.91 Å². The normalized spacial score (nSPS) is 10.2. The van der Waals surface area contributed by atoms with Gasteiger partial charge in [-0.1, -0.05) is 18.2 Å². The third-order valence-electron chi connectivity index (χ3n) is 2.86. The minimum atomic E-state index is -0.109. The van der Waals surface area contributed by atoms with E-state index in [1.54, 1.807) is 37.3 Å². The fourth-order valence-corrected chi connectivity index (χ4v) is 2.14. The summed E-state index contributed by atoms with van der Waals surface area (Å²) in [6, 6.07) is 12.9. The molecule has 0 aliphatic rings. The van der Waals surface area contributed by atoms with Gasteiger partial charge in [0.15, 0.2) is 0 Å². The summed E-state index contributed by atoms with van der Waals surface area (Å²) in [5, 5.41) is 0. The molecule has 0 unspecified atom stereocenters. The van der Waals surface area contributed by atoms with Crippen LogP contribution >= 0.6 is 15.9 Å². The van der Waals surface area contributed by atoms with Crippen molar-refractivity contribution in [3.63, 3.8) is 0 Å². The van der Waals surface area contributed by atoms with Crippen LogP contribution in [0.5, 0.6) is 5.75 Å². The maximum absolute atomic E-state index is 12.2. The molecule has 5 heteroatoms. The van der Waals surface area contributed by atoms with Gasteiger partial charge in [0.1, 0.15) is 16.0 Å². The Labute approximate surface area is 126 Å². The standard InChI is InChI=1S/C15H15BrN2O2/c1-18(10-11-6-8-12(20-2)9-7-11)15(19)13-4-3-5-14(16)17-13/h3-9H,10H2,1-2H3. The van der Waals surface area contributed by atoms with Crippen LogP contribution in [0, 0.1) is 0 Å². The van der Waals surface area contributed by atoms with E-state index in [2.05, 4.69) is 20.9 Å². The first-order valence-electron chi connectivity index (χ1n) is 6.11. The largest absolute Gasteiger partial charge is 0.497 e. The quantitative estimate of drug-likeness (QED) is 0.807. The van der Waals surface area contributed by atoms with Crippen molar-refractivity contribution >= 4 is 21.8 Å². The molecule has 1 heterocycles. The van der Waals surface area contributed by atoms with E-state index in [9.17, 15) is 4.79 Å². The number of methoxy groups -OCH3 is 1. The lowest BCUT2D eigenvalue weighted by Crippen LogP contribution is -2.27. The molecule has 1 aromatic heterocycles. The van der Waals surface area contributed by atoms with Gasteiger partial charge in [0.25, 0.3) is 5.91 Å². The Bertz CT molecular complexity index is 599. The average Bonchev–Trinajstić information content (AvgIpc) is 2.47. The fourth-order valence-electron chi connectivity index (χ4n) is 1.80. The number of halogens is 1. The molecule has 0 radical (unpaired) electrons. The van der Waals surface area contributed by atoms with E-state index in [4.69, 9.17) is 4.74 Å². The van der Waals surface area contributed by atoms with Gasteiger partial charge >= 0.3 is 0 Å². The highest BCUT2D eigenvalue weighted by Gasteiger charge is 2.13. The number of amides is 1. The zero-order valence-corrected chi connectivity index (χ0v) is 12.9. The highest BCUT2D eigenvalue weighted by Crippen LogP contribution is 2.14. The average molecular weight is 335 g/mol. The number of ether oxygens (including phenoxy) is 1. The number of hydrogen-bond acceptors (Lipinski definition) is 3.